The van der Waals surface area contributed by atoms with Gasteiger partial charge >= 0.3 is 5.97 Å². The molecule has 0 aromatic rings. The molecule has 1 aliphatic rings. The summed E-state index contributed by atoms with van der Waals surface area (Å²) in [6, 6.07) is 0. The molecule has 1 saturated carbocycles. The second kappa shape index (κ2) is 11.0. The Balaban J connectivity index is 2.09. The lowest BCUT2D eigenvalue weighted by molar-refractivity contribution is -0.148. The van der Waals surface area contributed by atoms with Gasteiger partial charge in [-0.2, -0.15) is 0 Å². The van der Waals surface area contributed by atoms with Crippen molar-refractivity contribution < 1.29 is 19.5 Å². The van der Waals surface area contributed by atoms with Gasteiger partial charge in [0.2, 0.25) is 11.8 Å². The molecule has 0 aromatic carbocycles. The number of carboxylic acid groups (broad SMARTS) is 1. The van der Waals surface area contributed by atoms with Crippen molar-refractivity contribution in [3.63, 3.8) is 0 Å². The van der Waals surface area contributed by atoms with Crippen LogP contribution in [0.25, 0.3) is 0 Å². The summed E-state index contributed by atoms with van der Waals surface area (Å²) in [6.45, 7) is 3.14. The Hall–Kier alpha value is -1.59. The first-order valence-electron chi connectivity index (χ1n) is 8.83. The van der Waals surface area contributed by atoms with Crippen LogP contribution in [0, 0.1) is 11.8 Å². The highest BCUT2D eigenvalue weighted by Gasteiger charge is 2.35. The maximum atomic E-state index is 12.1. The molecule has 2 amide bonds. The zero-order valence-electron chi connectivity index (χ0n) is 14.1. The van der Waals surface area contributed by atoms with Crippen molar-refractivity contribution in [3.8, 4) is 0 Å². The second-order valence-corrected chi connectivity index (χ2v) is 6.24. The first-order valence-corrected chi connectivity index (χ1v) is 8.83. The monoisotopic (exact) mass is 326 g/mol. The molecule has 1 rings (SSSR count). The number of aliphatic carboxylic acids is 1. The Morgan fingerprint density at radius 1 is 0.913 bits per heavy atom. The summed E-state index contributed by atoms with van der Waals surface area (Å²) >= 11 is 0. The van der Waals surface area contributed by atoms with Gasteiger partial charge in [0, 0.05) is 19.5 Å². The molecule has 0 saturated heterocycles. The number of rotatable bonds is 10. The predicted molar refractivity (Wildman–Crippen MR) is 87.9 cm³/mol. The summed E-state index contributed by atoms with van der Waals surface area (Å²) < 4.78 is 0. The van der Waals surface area contributed by atoms with Crippen LogP contribution in [-0.4, -0.2) is 36.0 Å². The minimum Gasteiger partial charge on any atom is -0.481 e. The van der Waals surface area contributed by atoms with Gasteiger partial charge in [0.05, 0.1) is 11.8 Å². The van der Waals surface area contributed by atoms with E-state index in [9.17, 15) is 19.5 Å². The third-order valence-corrected chi connectivity index (χ3v) is 4.47. The quantitative estimate of drug-likeness (QED) is 0.536. The molecule has 6 nitrogen and oxygen atoms in total. The van der Waals surface area contributed by atoms with E-state index in [1.807, 2.05) is 6.92 Å². The fraction of sp³-hybridized carbons (Fsp3) is 0.824. The highest BCUT2D eigenvalue weighted by atomic mass is 16.4. The number of amides is 2. The molecule has 6 heteroatoms. The molecule has 2 unspecified atom stereocenters. The van der Waals surface area contributed by atoms with E-state index >= 15 is 0 Å². The molecule has 0 heterocycles. The molecule has 2 atom stereocenters. The van der Waals surface area contributed by atoms with Crippen molar-refractivity contribution in [3.05, 3.63) is 0 Å². The zero-order chi connectivity index (χ0) is 17.1. The van der Waals surface area contributed by atoms with Gasteiger partial charge < -0.3 is 15.7 Å². The Morgan fingerprint density at radius 3 is 2.04 bits per heavy atom. The van der Waals surface area contributed by atoms with Crippen LogP contribution >= 0.6 is 0 Å². The molecular formula is C17H30N2O4. The van der Waals surface area contributed by atoms with Crippen LogP contribution in [0.15, 0.2) is 0 Å². The van der Waals surface area contributed by atoms with Crippen molar-refractivity contribution in [2.45, 2.75) is 64.7 Å². The van der Waals surface area contributed by atoms with Crippen LogP contribution in [0.1, 0.15) is 64.7 Å². The summed E-state index contributed by atoms with van der Waals surface area (Å²) in [7, 11) is 0. The molecule has 0 spiro atoms. The number of unbranched alkanes of at least 4 members (excludes halogenated alkanes) is 3. The molecule has 0 bridgehead atoms. The largest absolute Gasteiger partial charge is 0.481 e. The summed E-state index contributed by atoms with van der Waals surface area (Å²) in [6.07, 6.45) is 7.49. The van der Waals surface area contributed by atoms with Crippen LogP contribution in [0.5, 0.6) is 0 Å². The SMILES string of the molecule is CCC(=O)NCCCCCCNC(=O)C1CCCCC1C(=O)O. The molecule has 23 heavy (non-hydrogen) atoms. The smallest absolute Gasteiger partial charge is 0.307 e. The molecular weight excluding hydrogens is 296 g/mol. The maximum Gasteiger partial charge on any atom is 0.307 e. The Morgan fingerprint density at radius 2 is 1.48 bits per heavy atom. The predicted octanol–water partition coefficient (Wildman–Crippen LogP) is 2.08. The average molecular weight is 326 g/mol. The van der Waals surface area contributed by atoms with Crippen LogP contribution in [0.2, 0.25) is 0 Å². The minimum atomic E-state index is -0.848. The lowest BCUT2D eigenvalue weighted by Gasteiger charge is -2.27. The number of hydrogen-bond acceptors (Lipinski definition) is 3. The summed E-state index contributed by atoms with van der Waals surface area (Å²) in [5, 5.41) is 14.9. The van der Waals surface area contributed by atoms with Crippen LogP contribution < -0.4 is 10.6 Å². The van der Waals surface area contributed by atoms with Gasteiger partial charge in [-0.05, 0) is 25.7 Å². The average Bonchev–Trinajstić information content (AvgIpc) is 2.56. The molecule has 132 valence electrons. The van der Waals surface area contributed by atoms with Crippen molar-refractivity contribution >= 4 is 17.8 Å². The van der Waals surface area contributed by atoms with E-state index in [-0.39, 0.29) is 17.7 Å². The Labute approximate surface area is 138 Å². The lowest BCUT2D eigenvalue weighted by atomic mass is 9.78. The van der Waals surface area contributed by atoms with E-state index in [0.29, 0.717) is 32.4 Å². The van der Waals surface area contributed by atoms with Crippen LogP contribution in [0.4, 0.5) is 0 Å². The summed E-state index contributed by atoms with van der Waals surface area (Å²) in [5.74, 6) is -1.76. The first kappa shape index (κ1) is 19.5. The van der Waals surface area contributed by atoms with Crippen molar-refractivity contribution in [1.82, 2.24) is 10.6 Å². The highest BCUT2D eigenvalue weighted by molar-refractivity contribution is 5.84. The standard InChI is InChI=1S/C17H30N2O4/c1-2-15(20)18-11-7-3-4-8-12-19-16(21)13-9-5-6-10-14(13)17(22)23/h13-14H,2-12H2,1H3,(H,18,20)(H,19,21)(H,22,23). The van der Waals surface area contributed by atoms with Gasteiger partial charge in [-0.3, -0.25) is 14.4 Å². The summed E-state index contributed by atoms with van der Waals surface area (Å²) in [5.41, 5.74) is 0. The van der Waals surface area contributed by atoms with E-state index in [0.717, 1.165) is 38.5 Å². The van der Waals surface area contributed by atoms with Crippen molar-refractivity contribution in [2.24, 2.45) is 11.8 Å². The van der Waals surface area contributed by atoms with E-state index in [1.54, 1.807) is 0 Å². The third-order valence-electron chi connectivity index (χ3n) is 4.47. The van der Waals surface area contributed by atoms with Crippen LogP contribution in [-0.2, 0) is 14.4 Å². The zero-order valence-corrected chi connectivity index (χ0v) is 14.1. The molecule has 1 aliphatic carbocycles. The molecule has 0 aromatic heterocycles. The Kier molecular flexibility index (Phi) is 9.33. The van der Waals surface area contributed by atoms with Gasteiger partial charge in [0.15, 0.2) is 0 Å². The normalized spacial score (nSPS) is 20.7. The van der Waals surface area contributed by atoms with Crippen LogP contribution in [0.3, 0.4) is 0 Å². The lowest BCUT2D eigenvalue weighted by Crippen LogP contribution is -2.40. The number of nitrogens with one attached hydrogen (secondary N) is 2. The minimum absolute atomic E-state index is 0.0812. The number of carbonyl (C=O) groups is 3. The number of carbonyl (C=O) groups excluding carboxylic acids is 2. The van der Waals surface area contributed by atoms with E-state index < -0.39 is 11.9 Å². The first-order chi connectivity index (χ1) is 11.1. The highest BCUT2D eigenvalue weighted by Crippen LogP contribution is 2.30. The second-order valence-electron chi connectivity index (χ2n) is 6.24. The molecule has 3 N–H and O–H groups in total. The van der Waals surface area contributed by atoms with Gasteiger partial charge in [-0.25, -0.2) is 0 Å². The maximum absolute atomic E-state index is 12.1. The van der Waals surface area contributed by atoms with Gasteiger partial charge in [-0.1, -0.05) is 32.6 Å². The topological polar surface area (TPSA) is 95.5 Å². The van der Waals surface area contributed by atoms with Gasteiger partial charge in [0.1, 0.15) is 0 Å². The van der Waals surface area contributed by atoms with E-state index in [2.05, 4.69) is 10.6 Å². The number of hydrogen-bond donors (Lipinski definition) is 3. The molecule has 1 fully saturated rings. The fourth-order valence-corrected chi connectivity index (χ4v) is 3.04. The summed E-state index contributed by atoms with van der Waals surface area (Å²) in [4.78, 5) is 34.4. The van der Waals surface area contributed by atoms with E-state index in [1.165, 1.54) is 0 Å². The Bertz CT molecular complexity index is 398. The van der Waals surface area contributed by atoms with Gasteiger partial charge in [-0.15, -0.1) is 0 Å². The molecule has 0 aliphatic heterocycles. The third kappa shape index (κ3) is 7.48. The van der Waals surface area contributed by atoms with Crippen molar-refractivity contribution in [2.75, 3.05) is 13.1 Å². The van der Waals surface area contributed by atoms with E-state index in [4.69, 9.17) is 0 Å². The van der Waals surface area contributed by atoms with Crippen molar-refractivity contribution in [1.29, 1.82) is 0 Å². The van der Waals surface area contributed by atoms with Gasteiger partial charge in [0.25, 0.3) is 0 Å². The fourth-order valence-electron chi connectivity index (χ4n) is 3.04. The molecule has 0 radical (unpaired) electrons. The number of carboxylic acids is 1.